The maximum Gasteiger partial charge on any atom is 0.227 e. The number of nitrogens with two attached hydrogens (primary N) is 1. The summed E-state index contributed by atoms with van der Waals surface area (Å²) in [4.78, 5) is 29.4. The second kappa shape index (κ2) is 8.70. The van der Waals surface area contributed by atoms with Gasteiger partial charge >= 0.3 is 0 Å². The fourth-order valence-electron chi connectivity index (χ4n) is 5.16. The number of benzene rings is 1. The summed E-state index contributed by atoms with van der Waals surface area (Å²) in [6, 6.07) is 7.64. The van der Waals surface area contributed by atoms with Crippen molar-refractivity contribution < 1.29 is 14.3 Å². The lowest BCUT2D eigenvalue weighted by Gasteiger charge is -2.38. The molecule has 0 spiro atoms. The average Bonchev–Trinajstić information content (AvgIpc) is 3.29. The number of carbonyl (C=O) groups excluding carboxylic acids is 2. The maximum absolute atomic E-state index is 13.0. The zero-order valence-electron chi connectivity index (χ0n) is 16.4. The number of amides is 2. The summed E-state index contributed by atoms with van der Waals surface area (Å²) < 4.78 is 5.22. The Hall–Kier alpha value is -1.79. The van der Waals surface area contributed by atoms with Gasteiger partial charge in [0.05, 0.1) is 19.4 Å². The van der Waals surface area contributed by atoms with E-state index in [4.69, 9.17) is 10.5 Å². The second-order valence-electron chi connectivity index (χ2n) is 8.17. The van der Waals surface area contributed by atoms with Gasteiger partial charge in [0, 0.05) is 32.2 Å². The van der Waals surface area contributed by atoms with Crippen molar-refractivity contribution in [3.8, 4) is 5.75 Å². The lowest BCUT2D eigenvalue weighted by atomic mass is 9.84. The molecular formula is C21H30ClN3O3. The fraction of sp³-hybridized carbons (Fsp3) is 0.619. The number of fused-ring (bicyclic) bond motifs is 2. The van der Waals surface area contributed by atoms with E-state index in [0.717, 1.165) is 24.2 Å². The molecule has 2 bridgehead atoms. The molecular weight excluding hydrogens is 378 g/mol. The van der Waals surface area contributed by atoms with Gasteiger partial charge in [-0.1, -0.05) is 12.1 Å². The van der Waals surface area contributed by atoms with Crippen LogP contribution in [0.15, 0.2) is 24.3 Å². The highest BCUT2D eigenvalue weighted by Gasteiger charge is 2.50. The summed E-state index contributed by atoms with van der Waals surface area (Å²) in [5.74, 6) is 2.10. The van der Waals surface area contributed by atoms with E-state index in [9.17, 15) is 9.59 Å². The predicted octanol–water partition coefficient (Wildman–Crippen LogP) is 1.70. The average molecular weight is 408 g/mol. The summed E-state index contributed by atoms with van der Waals surface area (Å²) in [6.07, 6.45) is 3.81. The van der Waals surface area contributed by atoms with Crippen molar-refractivity contribution >= 4 is 24.2 Å². The first kappa shape index (κ1) is 20.9. The number of methoxy groups -OCH3 is 1. The van der Waals surface area contributed by atoms with E-state index in [2.05, 4.69) is 0 Å². The third kappa shape index (κ3) is 3.98. The Bertz CT molecular complexity index is 719. The molecule has 1 heterocycles. The van der Waals surface area contributed by atoms with Crippen molar-refractivity contribution in [1.29, 1.82) is 0 Å². The predicted molar refractivity (Wildman–Crippen MR) is 109 cm³/mol. The highest BCUT2D eigenvalue weighted by molar-refractivity contribution is 5.85. The molecule has 0 aromatic heterocycles. The van der Waals surface area contributed by atoms with E-state index >= 15 is 0 Å². The minimum atomic E-state index is 0. The molecule has 6 nitrogen and oxygen atoms in total. The lowest BCUT2D eigenvalue weighted by Crippen LogP contribution is -2.55. The maximum atomic E-state index is 13.0. The summed E-state index contributed by atoms with van der Waals surface area (Å²) in [5.41, 5.74) is 7.28. The standard InChI is InChI=1S/C21H29N3O3.ClH/c1-27-17-4-2-3-14(11-17)12-18(25)23-7-9-24(10-8-23)21(26)19-15-5-6-16(13-15)20(19)22;/h2-4,11,15-16,19-20H,5-10,12-13,22H2,1H3;1H. The summed E-state index contributed by atoms with van der Waals surface area (Å²) in [5, 5.41) is 0. The molecule has 7 heteroatoms. The molecule has 28 heavy (non-hydrogen) atoms. The van der Waals surface area contributed by atoms with Gasteiger partial charge in [0.1, 0.15) is 5.75 Å². The van der Waals surface area contributed by atoms with Gasteiger partial charge in [-0.15, -0.1) is 12.4 Å². The third-order valence-corrected chi connectivity index (χ3v) is 6.70. The van der Waals surface area contributed by atoms with Crippen molar-refractivity contribution in [2.24, 2.45) is 23.5 Å². The van der Waals surface area contributed by atoms with Gasteiger partial charge in [-0.3, -0.25) is 9.59 Å². The number of halogens is 1. The van der Waals surface area contributed by atoms with Gasteiger partial charge in [0.2, 0.25) is 11.8 Å². The van der Waals surface area contributed by atoms with Crippen LogP contribution >= 0.6 is 12.4 Å². The molecule has 2 N–H and O–H groups in total. The summed E-state index contributed by atoms with van der Waals surface area (Å²) in [7, 11) is 1.62. The van der Waals surface area contributed by atoms with Gasteiger partial charge in [0.15, 0.2) is 0 Å². The Morgan fingerprint density at radius 2 is 1.79 bits per heavy atom. The third-order valence-electron chi connectivity index (χ3n) is 6.70. The molecule has 2 saturated carbocycles. The molecule has 3 fully saturated rings. The number of piperazine rings is 1. The van der Waals surface area contributed by atoms with Gasteiger partial charge in [-0.05, 0) is 48.8 Å². The van der Waals surface area contributed by atoms with Crippen LogP contribution in [0.4, 0.5) is 0 Å². The molecule has 1 aromatic rings. The van der Waals surface area contributed by atoms with Crippen LogP contribution < -0.4 is 10.5 Å². The van der Waals surface area contributed by atoms with E-state index < -0.39 is 0 Å². The van der Waals surface area contributed by atoms with Crippen LogP contribution in [0.2, 0.25) is 0 Å². The molecule has 3 aliphatic rings. The van der Waals surface area contributed by atoms with Crippen LogP contribution in [0, 0.1) is 17.8 Å². The lowest BCUT2D eigenvalue weighted by molar-refractivity contribution is -0.143. The Morgan fingerprint density at radius 3 is 2.43 bits per heavy atom. The van der Waals surface area contributed by atoms with Crippen molar-refractivity contribution in [1.82, 2.24) is 9.80 Å². The van der Waals surface area contributed by atoms with E-state index in [1.54, 1.807) is 7.11 Å². The van der Waals surface area contributed by atoms with Crippen molar-refractivity contribution in [2.75, 3.05) is 33.3 Å². The Balaban J connectivity index is 0.00000225. The smallest absolute Gasteiger partial charge is 0.227 e. The van der Waals surface area contributed by atoms with Crippen LogP contribution in [0.1, 0.15) is 24.8 Å². The molecule has 1 saturated heterocycles. The topological polar surface area (TPSA) is 75.9 Å². The first-order valence-electron chi connectivity index (χ1n) is 10.0. The van der Waals surface area contributed by atoms with Crippen LogP contribution in [-0.4, -0.2) is 60.9 Å². The number of ether oxygens (including phenoxy) is 1. The van der Waals surface area contributed by atoms with Gasteiger partial charge < -0.3 is 20.3 Å². The molecule has 1 aliphatic heterocycles. The monoisotopic (exact) mass is 407 g/mol. The second-order valence-corrected chi connectivity index (χ2v) is 8.17. The number of hydrogen-bond donors (Lipinski definition) is 1. The molecule has 4 rings (SSSR count). The van der Waals surface area contributed by atoms with Crippen LogP contribution in [0.5, 0.6) is 5.75 Å². The van der Waals surface area contributed by atoms with Gasteiger partial charge in [0.25, 0.3) is 0 Å². The summed E-state index contributed by atoms with van der Waals surface area (Å²) in [6.45, 7) is 2.43. The normalized spacial score (nSPS) is 28.8. The van der Waals surface area contributed by atoms with E-state index in [0.29, 0.717) is 44.4 Å². The Morgan fingerprint density at radius 1 is 1.11 bits per heavy atom. The first-order valence-corrected chi connectivity index (χ1v) is 10.0. The van der Waals surface area contributed by atoms with Crippen LogP contribution in [0.25, 0.3) is 0 Å². The number of carbonyl (C=O) groups is 2. The molecule has 0 radical (unpaired) electrons. The number of rotatable bonds is 4. The summed E-state index contributed by atoms with van der Waals surface area (Å²) >= 11 is 0. The van der Waals surface area contributed by atoms with E-state index in [1.165, 1.54) is 6.42 Å². The molecule has 154 valence electrons. The van der Waals surface area contributed by atoms with Gasteiger partial charge in [-0.2, -0.15) is 0 Å². The minimum Gasteiger partial charge on any atom is -0.497 e. The highest BCUT2D eigenvalue weighted by Crippen LogP contribution is 2.48. The van der Waals surface area contributed by atoms with Crippen LogP contribution in [-0.2, 0) is 16.0 Å². The van der Waals surface area contributed by atoms with Gasteiger partial charge in [-0.25, -0.2) is 0 Å². The Kier molecular flexibility index (Phi) is 6.50. The molecule has 4 atom stereocenters. The number of hydrogen-bond acceptors (Lipinski definition) is 4. The highest BCUT2D eigenvalue weighted by atomic mass is 35.5. The molecule has 4 unspecified atom stereocenters. The van der Waals surface area contributed by atoms with Crippen LogP contribution in [0.3, 0.4) is 0 Å². The number of nitrogens with zero attached hydrogens (tertiary/aromatic N) is 2. The Labute approximate surface area is 172 Å². The molecule has 2 aliphatic carbocycles. The first-order chi connectivity index (χ1) is 13.1. The minimum absolute atomic E-state index is 0. The quantitative estimate of drug-likeness (QED) is 0.824. The molecule has 2 amide bonds. The van der Waals surface area contributed by atoms with Crippen molar-refractivity contribution in [2.45, 2.75) is 31.7 Å². The van der Waals surface area contributed by atoms with E-state index in [1.807, 2.05) is 34.1 Å². The van der Waals surface area contributed by atoms with E-state index in [-0.39, 0.29) is 36.2 Å². The van der Waals surface area contributed by atoms with Crippen molar-refractivity contribution in [3.05, 3.63) is 29.8 Å². The van der Waals surface area contributed by atoms with Crippen molar-refractivity contribution in [3.63, 3.8) is 0 Å². The molecule has 1 aromatic carbocycles. The SMILES string of the molecule is COc1cccc(CC(=O)N2CCN(C(=O)C3C4CCC(C4)C3N)CC2)c1.Cl. The zero-order chi connectivity index (χ0) is 19.0. The zero-order valence-corrected chi connectivity index (χ0v) is 17.2. The largest absolute Gasteiger partial charge is 0.497 e. The fourth-order valence-corrected chi connectivity index (χ4v) is 5.16.